The fraction of sp³-hybridized carbons (Fsp3) is 0.500. The van der Waals surface area contributed by atoms with Crippen molar-refractivity contribution < 1.29 is 35.9 Å². The first-order valence-corrected chi connectivity index (χ1v) is 10.4. The molecule has 1 aromatic rings. The molecule has 1 aromatic carbocycles. The quantitative estimate of drug-likeness (QED) is 0.405. The number of rotatable bonds is 7. The molecule has 1 aliphatic carbocycles. The number of ether oxygens (including phenoxy) is 2. The van der Waals surface area contributed by atoms with Crippen LogP contribution in [-0.4, -0.2) is 20.7 Å². The Kier molecular flexibility index (Phi) is 7.11. The van der Waals surface area contributed by atoms with Gasteiger partial charge in [-0.3, -0.25) is 4.79 Å². The molecule has 2 rings (SSSR count). The standard InChI is InChI=1S/C18H22F3NO5S/c1-2-3-9-15(23)26-17-14(28(22,24)25)11-10-13(27-18(19,20)21)16(17)12-7-5-4-6-8-12/h4-5,10-12H,2-3,6-9H2,1H3,(H2,22,24,25). The Morgan fingerprint density at radius 3 is 2.54 bits per heavy atom. The SMILES string of the molecule is CCCCC(=O)Oc1c(S(N)(=O)=O)ccc(OC(F)(F)F)c1C1CC=CCC1. The molecule has 0 fully saturated rings. The Morgan fingerprint density at radius 1 is 1.29 bits per heavy atom. The molecule has 0 aliphatic heterocycles. The van der Waals surface area contributed by atoms with E-state index < -0.39 is 44.7 Å². The normalized spacial score (nSPS) is 17.4. The number of carbonyl (C=O) groups excluding carboxylic acids is 1. The van der Waals surface area contributed by atoms with E-state index in [0.29, 0.717) is 32.1 Å². The Morgan fingerprint density at radius 2 is 2.00 bits per heavy atom. The van der Waals surface area contributed by atoms with E-state index in [4.69, 9.17) is 9.88 Å². The van der Waals surface area contributed by atoms with Gasteiger partial charge in [-0.25, -0.2) is 13.6 Å². The van der Waals surface area contributed by atoms with Crippen LogP contribution in [0.1, 0.15) is 56.9 Å². The first-order chi connectivity index (χ1) is 13.0. The maximum atomic E-state index is 12.9. The molecule has 0 spiro atoms. The summed E-state index contributed by atoms with van der Waals surface area (Å²) in [7, 11) is -4.35. The van der Waals surface area contributed by atoms with E-state index in [1.165, 1.54) is 0 Å². The largest absolute Gasteiger partial charge is 0.573 e. The van der Waals surface area contributed by atoms with Crippen LogP contribution in [-0.2, 0) is 14.8 Å². The highest BCUT2D eigenvalue weighted by molar-refractivity contribution is 7.89. The molecule has 0 radical (unpaired) electrons. The van der Waals surface area contributed by atoms with Gasteiger partial charge in [0.1, 0.15) is 10.6 Å². The molecule has 0 saturated carbocycles. The molecule has 1 aliphatic rings. The highest BCUT2D eigenvalue weighted by atomic mass is 32.2. The number of esters is 1. The average molecular weight is 421 g/mol. The van der Waals surface area contributed by atoms with E-state index in [9.17, 15) is 26.4 Å². The minimum atomic E-state index is -4.99. The van der Waals surface area contributed by atoms with Crippen molar-refractivity contribution >= 4 is 16.0 Å². The number of nitrogens with two attached hydrogens (primary N) is 1. The molecule has 1 unspecified atom stereocenters. The zero-order valence-corrected chi connectivity index (χ0v) is 16.1. The third-order valence-corrected chi connectivity index (χ3v) is 5.21. The van der Waals surface area contributed by atoms with Gasteiger partial charge in [0, 0.05) is 12.0 Å². The summed E-state index contributed by atoms with van der Waals surface area (Å²) >= 11 is 0. The zero-order chi connectivity index (χ0) is 20.9. The lowest BCUT2D eigenvalue weighted by Gasteiger charge is -2.25. The number of hydrogen-bond donors (Lipinski definition) is 1. The molecule has 10 heteroatoms. The predicted molar refractivity (Wildman–Crippen MR) is 95.4 cm³/mol. The molecule has 1 atom stereocenters. The molecule has 0 saturated heterocycles. The second-order valence-corrected chi connectivity index (χ2v) is 7.99. The minimum absolute atomic E-state index is 0.00504. The lowest BCUT2D eigenvalue weighted by molar-refractivity contribution is -0.275. The lowest BCUT2D eigenvalue weighted by Crippen LogP contribution is -2.22. The van der Waals surface area contributed by atoms with Crippen molar-refractivity contribution in [1.29, 1.82) is 0 Å². The number of hydrogen-bond acceptors (Lipinski definition) is 5. The predicted octanol–water partition coefficient (Wildman–Crippen LogP) is 4.15. The van der Waals surface area contributed by atoms with Gasteiger partial charge in [0.15, 0.2) is 5.75 Å². The minimum Gasteiger partial charge on any atom is -0.425 e. The van der Waals surface area contributed by atoms with Gasteiger partial charge < -0.3 is 9.47 Å². The van der Waals surface area contributed by atoms with Gasteiger partial charge >= 0.3 is 12.3 Å². The van der Waals surface area contributed by atoms with E-state index in [1.54, 1.807) is 6.08 Å². The number of alkyl halides is 3. The van der Waals surface area contributed by atoms with Crippen LogP contribution in [0.25, 0.3) is 0 Å². The molecule has 2 N–H and O–H groups in total. The molecule has 0 aromatic heterocycles. The first kappa shape index (κ1) is 22.2. The summed E-state index contributed by atoms with van der Waals surface area (Å²) in [5, 5.41) is 5.21. The molecule has 6 nitrogen and oxygen atoms in total. The van der Waals surface area contributed by atoms with E-state index in [0.717, 1.165) is 12.1 Å². The molecule has 0 bridgehead atoms. The van der Waals surface area contributed by atoms with Crippen LogP contribution in [0.15, 0.2) is 29.2 Å². The van der Waals surface area contributed by atoms with Crippen LogP contribution in [0.2, 0.25) is 0 Å². The maximum absolute atomic E-state index is 12.9. The number of allylic oxidation sites excluding steroid dienone is 2. The van der Waals surface area contributed by atoms with Crippen molar-refractivity contribution in [1.82, 2.24) is 0 Å². The maximum Gasteiger partial charge on any atom is 0.573 e. The first-order valence-electron chi connectivity index (χ1n) is 8.84. The van der Waals surface area contributed by atoms with E-state index in [2.05, 4.69) is 4.74 Å². The number of sulfonamides is 1. The van der Waals surface area contributed by atoms with Gasteiger partial charge in [0.05, 0.1) is 0 Å². The number of primary sulfonamides is 1. The summed E-state index contributed by atoms with van der Waals surface area (Å²) in [6.45, 7) is 1.85. The van der Waals surface area contributed by atoms with Crippen molar-refractivity contribution in [2.75, 3.05) is 0 Å². The average Bonchev–Trinajstić information content (AvgIpc) is 2.58. The molecular weight excluding hydrogens is 399 g/mol. The van der Waals surface area contributed by atoms with Gasteiger partial charge in [-0.15, -0.1) is 13.2 Å². The van der Waals surface area contributed by atoms with E-state index >= 15 is 0 Å². The van der Waals surface area contributed by atoms with Crippen LogP contribution in [0.5, 0.6) is 11.5 Å². The van der Waals surface area contributed by atoms with Crippen molar-refractivity contribution in [2.45, 2.75) is 62.6 Å². The second-order valence-electron chi connectivity index (χ2n) is 6.46. The van der Waals surface area contributed by atoms with Gasteiger partial charge in [0.2, 0.25) is 10.0 Å². The van der Waals surface area contributed by atoms with Crippen LogP contribution in [0.4, 0.5) is 13.2 Å². The van der Waals surface area contributed by atoms with Crippen molar-refractivity contribution in [3.63, 3.8) is 0 Å². The summed E-state index contributed by atoms with van der Waals surface area (Å²) in [6, 6.07) is 1.76. The fourth-order valence-corrected chi connectivity index (χ4v) is 3.70. The monoisotopic (exact) mass is 421 g/mol. The summed E-state index contributed by atoms with van der Waals surface area (Å²) in [6.07, 6.45) is 1.20. The number of halogens is 3. The fourth-order valence-electron chi connectivity index (χ4n) is 3.03. The summed E-state index contributed by atoms with van der Waals surface area (Å²) in [5.41, 5.74) is -0.113. The van der Waals surface area contributed by atoms with E-state index in [-0.39, 0.29) is 12.0 Å². The summed E-state index contributed by atoms with van der Waals surface area (Å²) in [4.78, 5) is 11.6. The van der Waals surface area contributed by atoms with Gasteiger partial charge in [-0.05, 0) is 43.7 Å². The third-order valence-electron chi connectivity index (χ3n) is 4.28. The third kappa shape index (κ3) is 5.96. The highest BCUT2D eigenvalue weighted by Gasteiger charge is 2.36. The van der Waals surface area contributed by atoms with Gasteiger partial charge in [-0.1, -0.05) is 25.5 Å². The van der Waals surface area contributed by atoms with E-state index in [1.807, 2.05) is 13.0 Å². The topological polar surface area (TPSA) is 95.7 Å². The lowest BCUT2D eigenvalue weighted by atomic mass is 9.86. The Hall–Kier alpha value is -2.07. The smallest absolute Gasteiger partial charge is 0.425 e. The molecular formula is C18H22F3NO5S. The number of unbranched alkanes of at least 4 members (excludes halogenated alkanes) is 1. The van der Waals surface area contributed by atoms with Gasteiger partial charge in [0.25, 0.3) is 0 Å². The van der Waals surface area contributed by atoms with Crippen LogP contribution in [0.3, 0.4) is 0 Å². The Bertz CT molecular complexity index is 850. The van der Waals surface area contributed by atoms with Crippen molar-refractivity contribution in [3.05, 3.63) is 29.8 Å². The molecule has 156 valence electrons. The summed E-state index contributed by atoms with van der Waals surface area (Å²) < 4.78 is 72.0. The number of benzene rings is 1. The number of carbonyl (C=O) groups is 1. The Balaban J connectivity index is 2.64. The second kappa shape index (κ2) is 8.95. The van der Waals surface area contributed by atoms with Crippen LogP contribution >= 0.6 is 0 Å². The van der Waals surface area contributed by atoms with Crippen molar-refractivity contribution in [3.8, 4) is 11.5 Å². The molecule has 0 amide bonds. The highest BCUT2D eigenvalue weighted by Crippen LogP contribution is 2.45. The van der Waals surface area contributed by atoms with Crippen LogP contribution in [0, 0.1) is 0 Å². The van der Waals surface area contributed by atoms with Gasteiger partial charge in [-0.2, -0.15) is 0 Å². The van der Waals surface area contributed by atoms with Crippen molar-refractivity contribution in [2.24, 2.45) is 5.14 Å². The Labute approximate surface area is 161 Å². The zero-order valence-electron chi connectivity index (χ0n) is 15.3. The molecule has 28 heavy (non-hydrogen) atoms. The van der Waals surface area contributed by atoms with Crippen LogP contribution < -0.4 is 14.6 Å². The molecule has 0 heterocycles. The summed E-state index contributed by atoms with van der Waals surface area (Å²) in [5.74, 6) is -2.34.